The van der Waals surface area contributed by atoms with Crippen LogP contribution in [0.4, 0.5) is 26.3 Å². The molecule has 16 heteroatoms. The van der Waals surface area contributed by atoms with Crippen LogP contribution >= 0.6 is 15.6 Å². The van der Waals surface area contributed by atoms with Gasteiger partial charge in [0.05, 0.1) is 0 Å². The Morgan fingerprint density at radius 2 is 1.21 bits per heavy atom. The largest absolute Gasteiger partial charge is 0.484 e. The first-order chi connectivity index (χ1) is 12.5. The Hall–Kier alpha value is -0.200. The molecule has 0 heterocycles. The number of unbranched alkanes of at least 4 members (excludes halogenated alkanes) is 5. The van der Waals surface area contributed by atoms with E-state index >= 15 is 0 Å². The maximum atomic E-state index is 11.7. The van der Waals surface area contributed by atoms with E-state index in [9.17, 15) is 35.5 Å². The van der Waals surface area contributed by atoms with Gasteiger partial charge in [-0.05, 0) is 13.0 Å². The number of halogens is 6. The second kappa shape index (κ2) is 13.9. The van der Waals surface area contributed by atoms with E-state index in [-0.39, 0.29) is 0 Å². The van der Waals surface area contributed by atoms with Crippen molar-refractivity contribution in [1.82, 2.24) is 0 Å². The summed E-state index contributed by atoms with van der Waals surface area (Å²) in [6.07, 6.45) is -2.21. The number of alkyl halides is 6. The van der Waals surface area contributed by atoms with Crippen LogP contribution in [0.1, 0.15) is 45.4 Å². The van der Waals surface area contributed by atoms with Crippen molar-refractivity contribution in [2.45, 2.75) is 57.8 Å². The minimum atomic E-state index is -5.74. The van der Waals surface area contributed by atoms with Gasteiger partial charge in [-0.2, -0.15) is 30.7 Å². The van der Waals surface area contributed by atoms with Crippen molar-refractivity contribution in [3.8, 4) is 0 Å². The number of phosphoric acid groups is 2. The van der Waals surface area contributed by atoms with E-state index in [1.165, 1.54) is 38.5 Å². The van der Waals surface area contributed by atoms with Crippen LogP contribution in [-0.2, 0) is 22.5 Å². The Bertz CT molecular complexity index is 470. The predicted molar refractivity (Wildman–Crippen MR) is 87.2 cm³/mol. The summed E-state index contributed by atoms with van der Waals surface area (Å²) in [5.74, 6) is 0. The number of hydrogen-bond acceptors (Lipinski definition) is 6. The van der Waals surface area contributed by atoms with Gasteiger partial charge in [-0.25, -0.2) is 9.13 Å². The molecule has 0 unspecified atom stereocenters. The highest BCUT2D eigenvalue weighted by atomic mass is 31.3. The molecule has 0 spiro atoms. The molecule has 0 aromatic rings. The first-order valence-electron chi connectivity index (χ1n) is 8.03. The van der Waals surface area contributed by atoms with Gasteiger partial charge in [0.15, 0.2) is 13.2 Å². The summed E-state index contributed by atoms with van der Waals surface area (Å²) in [6.45, 7) is -1.67. The highest BCUT2D eigenvalue weighted by Gasteiger charge is 2.43. The van der Waals surface area contributed by atoms with Crippen LogP contribution in [0.2, 0.25) is 0 Å². The number of rotatable bonds is 12. The zero-order chi connectivity index (χ0) is 22.5. The van der Waals surface area contributed by atoms with E-state index in [0.29, 0.717) is 0 Å². The number of phosphoric ester groups is 1. The maximum absolute atomic E-state index is 11.7. The molecule has 0 saturated heterocycles. The fourth-order valence-electron chi connectivity index (χ4n) is 1.44. The van der Waals surface area contributed by atoms with Gasteiger partial charge in [0.2, 0.25) is 0 Å². The molecule has 0 aliphatic rings. The summed E-state index contributed by atoms with van der Waals surface area (Å²) in [5.41, 5.74) is 5.34. The van der Waals surface area contributed by atoms with Crippen molar-refractivity contribution in [2.24, 2.45) is 5.73 Å². The van der Waals surface area contributed by atoms with Crippen molar-refractivity contribution >= 4 is 15.6 Å². The van der Waals surface area contributed by atoms with Crippen LogP contribution in [0.15, 0.2) is 0 Å². The fourth-order valence-corrected chi connectivity index (χ4v) is 3.55. The molecule has 0 aromatic heterocycles. The van der Waals surface area contributed by atoms with E-state index in [1.807, 2.05) is 0 Å². The van der Waals surface area contributed by atoms with Crippen LogP contribution in [0.25, 0.3) is 0 Å². The molecular formula is C12H25F6NO7P2. The van der Waals surface area contributed by atoms with Crippen molar-refractivity contribution in [3.05, 3.63) is 0 Å². The van der Waals surface area contributed by atoms with Gasteiger partial charge in [0.25, 0.3) is 0 Å². The fraction of sp³-hybridized carbons (Fsp3) is 1.00. The lowest BCUT2D eigenvalue weighted by Crippen LogP contribution is -2.20. The van der Waals surface area contributed by atoms with Gasteiger partial charge in [0.1, 0.15) is 0 Å². The number of nitrogens with two attached hydrogens (primary N) is 1. The standard InChI is InChI=1S/C8H19N.C4H6F6O7P2/c1-2-3-4-5-6-7-8-9;5-3(6,7)1-15-19(14,17-18(11,12)13)16-2-4(8,9)10/h2-9H2,1H3;1-2H2,(H2,11,12,13). The van der Waals surface area contributed by atoms with Crippen molar-refractivity contribution < 1.29 is 58.6 Å². The Kier molecular flexibility index (Phi) is 14.9. The summed E-state index contributed by atoms with van der Waals surface area (Å²) in [4.78, 5) is 16.4. The van der Waals surface area contributed by atoms with Crippen molar-refractivity contribution in [2.75, 3.05) is 19.8 Å². The smallest absolute Gasteiger partial charge is 0.330 e. The molecule has 4 N–H and O–H groups in total. The lowest BCUT2D eigenvalue weighted by atomic mass is 10.1. The topological polar surface area (TPSA) is 128 Å². The highest BCUT2D eigenvalue weighted by molar-refractivity contribution is 7.61. The highest BCUT2D eigenvalue weighted by Crippen LogP contribution is 2.61. The lowest BCUT2D eigenvalue weighted by Gasteiger charge is -2.19. The summed E-state index contributed by atoms with van der Waals surface area (Å²) < 4.78 is 102. The van der Waals surface area contributed by atoms with Crippen molar-refractivity contribution in [3.63, 3.8) is 0 Å². The minimum absolute atomic E-state index is 0.867. The van der Waals surface area contributed by atoms with Gasteiger partial charge >= 0.3 is 28.0 Å². The zero-order valence-electron chi connectivity index (χ0n) is 15.0. The van der Waals surface area contributed by atoms with Crippen LogP contribution in [0.5, 0.6) is 0 Å². The van der Waals surface area contributed by atoms with Gasteiger partial charge in [-0.15, -0.1) is 0 Å². The average Bonchev–Trinajstić information content (AvgIpc) is 2.49. The third kappa shape index (κ3) is 23.8. The molecule has 28 heavy (non-hydrogen) atoms. The normalized spacial score (nSPS) is 13.2. The quantitative estimate of drug-likeness (QED) is 0.213. The summed E-state index contributed by atoms with van der Waals surface area (Å²) >= 11 is 0. The molecule has 0 aliphatic heterocycles. The van der Waals surface area contributed by atoms with Crippen LogP contribution in [0, 0.1) is 0 Å². The molecule has 172 valence electrons. The van der Waals surface area contributed by atoms with E-state index in [1.54, 1.807) is 0 Å². The van der Waals surface area contributed by atoms with Crippen LogP contribution in [0.3, 0.4) is 0 Å². The molecule has 0 saturated carbocycles. The monoisotopic (exact) mass is 471 g/mol. The Morgan fingerprint density at radius 1 is 0.821 bits per heavy atom. The van der Waals surface area contributed by atoms with Crippen LogP contribution < -0.4 is 5.73 Å². The molecular weight excluding hydrogens is 446 g/mol. The van der Waals surface area contributed by atoms with E-state index in [4.69, 9.17) is 15.5 Å². The first-order valence-corrected chi connectivity index (χ1v) is 11.0. The molecule has 0 fully saturated rings. The summed E-state index contributed by atoms with van der Waals surface area (Å²) in [6, 6.07) is 0. The molecule has 0 rings (SSSR count). The Morgan fingerprint density at radius 3 is 1.54 bits per heavy atom. The Labute approximate surface area is 158 Å². The van der Waals surface area contributed by atoms with E-state index in [0.717, 1.165) is 6.54 Å². The summed E-state index contributed by atoms with van der Waals surface area (Å²) in [7, 11) is -11.4. The van der Waals surface area contributed by atoms with Crippen molar-refractivity contribution in [1.29, 1.82) is 0 Å². The predicted octanol–water partition coefficient (Wildman–Crippen LogP) is 4.67. The van der Waals surface area contributed by atoms with E-state index < -0.39 is 41.2 Å². The molecule has 0 atom stereocenters. The summed E-state index contributed by atoms with van der Waals surface area (Å²) in [5, 5.41) is 0. The number of hydrogen-bond donors (Lipinski definition) is 3. The molecule has 0 bridgehead atoms. The third-order valence-corrected chi connectivity index (χ3v) is 5.08. The minimum Gasteiger partial charge on any atom is -0.330 e. The molecule has 0 amide bonds. The molecule has 0 aliphatic carbocycles. The van der Waals surface area contributed by atoms with Gasteiger partial charge in [-0.3, -0.25) is 9.05 Å². The first kappa shape index (κ1) is 30.0. The maximum Gasteiger partial charge on any atom is 0.484 e. The molecule has 0 aromatic carbocycles. The van der Waals surface area contributed by atoms with E-state index in [2.05, 4.69) is 20.3 Å². The average molecular weight is 471 g/mol. The SMILES string of the molecule is CCCCCCCCN.O=P(O)(O)OP(=O)(OCC(F)(F)F)OCC(F)(F)F. The Balaban J connectivity index is 0. The molecule has 0 radical (unpaired) electrons. The second-order valence-electron chi connectivity index (χ2n) is 5.35. The molecule has 8 nitrogen and oxygen atoms in total. The van der Waals surface area contributed by atoms with Gasteiger partial charge < -0.3 is 15.5 Å². The van der Waals surface area contributed by atoms with Crippen LogP contribution in [-0.4, -0.2) is 41.9 Å². The van der Waals surface area contributed by atoms with Gasteiger partial charge in [0, 0.05) is 0 Å². The lowest BCUT2D eigenvalue weighted by molar-refractivity contribution is -0.169. The van der Waals surface area contributed by atoms with Gasteiger partial charge in [-0.1, -0.05) is 39.0 Å². The second-order valence-corrected chi connectivity index (χ2v) is 8.40. The zero-order valence-corrected chi connectivity index (χ0v) is 16.8. The third-order valence-electron chi connectivity index (χ3n) is 2.54.